The van der Waals surface area contributed by atoms with Crippen LogP contribution in [0, 0.1) is 5.92 Å². The molecular weight excluding hydrogens is 132 g/mol. The number of thioether (sulfide) groups is 1. The zero-order valence-electron chi connectivity index (χ0n) is 6.05. The highest BCUT2D eigenvalue weighted by molar-refractivity contribution is 8.16. The van der Waals surface area contributed by atoms with E-state index in [0.717, 1.165) is 0 Å². The molecule has 0 saturated heterocycles. The molecule has 1 nitrogen and oxygen atoms in total. The van der Waals surface area contributed by atoms with Crippen molar-refractivity contribution in [3.8, 4) is 0 Å². The maximum atomic E-state index is 10.3. The van der Waals surface area contributed by atoms with Crippen LogP contribution in [0.2, 0.25) is 0 Å². The van der Waals surface area contributed by atoms with E-state index < -0.39 is 0 Å². The van der Waals surface area contributed by atoms with Gasteiger partial charge in [-0.1, -0.05) is 31.7 Å². The number of hydrogen-bond acceptors (Lipinski definition) is 2. The maximum Gasteiger partial charge on any atom is 0.190 e. The molecule has 0 unspecified atom stereocenters. The Labute approximate surface area is 60.5 Å². The molecule has 0 radical (unpaired) electrons. The minimum absolute atomic E-state index is 0.145. The fourth-order valence-corrected chi connectivity index (χ4v) is 0.877. The molecule has 0 heterocycles. The number of allylic oxidation sites excluding steroid dienone is 1. The second-order valence-corrected chi connectivity index (χ2v) is 3.26. The lowest BCUT2D eigenvalue weighted by molar-refractivity contribution is -0.109. The van der Waals surface area contributed by atoms with E-state index in [0.29, 0.717) is 5.92 Å². The predicted octanol–water partition coefficient (Wildman–Crippen LogP) is 2.44. The molecule has 0 fully saturated rings. The van der Waals surface area contributed by atoms with Crippen molar-refractivity contribution in [2.45, 2.75) is 20.8 Å². The number of rotatable bonds is 2. The lowest BCUT2D eigenvalue weighted by atomic mass is 10.2. The van der Waals surface area contributed by atoms with Crippen LogP contribution in [0.3, 0.4) is 0 Å². The molecule has 0 aliphatic rings. The molecule has 0 aliphatic carbocycles. The molecule has 0 aromatic rings. The molecule has 0 bridgehead atoms. The zero-order chi connectivity index (χ0) is 7.28. The molecule has 0 aliphatic heterocycles. The average Bonchev–Trinajstić information content (AvgIpc) is 1.63. The van der Waals surface area contributed by atoms with Crippen molar-refractivity contribution in [3.63, 3.8) is 0 Å². The first-order valence-corrected chi connectivity index (χ1v) is 3.84. The average molecular weight is 144 g/mol. The van der Waals surface area contributed by atoms with Gasteiger partial charge in [-0.15, -0.1) is 0 Å². The van der Waals surface area contributed by atoms with Gasteiger partial charge in [0.05, 0.1) is 0 Å². The Hall–Kier alpha value is -0.240. The summed E-state index contributed by atoms with van der Waals surface area (Å²) in [6.07, 6.45) is 2.01. The Morgan fingerprint density at radius 2 is 2.11 bits per heavy atom. The van der Waals surface area contributed by atoms with E-state index in [-0.39, 0.29) is 5.12 Å². The Morgan fingerprint density at radius 1 is 1.56 bits per heavy atom. The maximum absolute atomic E-state index is 10.3. The molecule has 52 valence electrons. The van der Waals surface area contributed by atoms with Crippen LogP contribution in [0.4, 0.5) is 0 Å². The van der Waals surface area contributed by atoms with E-state index in [9.17, 15) is 4.79 Å². The van der Waals surface area contributed by atoms with Gasteiger partial charge in [-0.3, -0.25) is 4.79 Å². The monoisotopic (exact) mass is 144 g/mol. The predicted molar refractivity (Wildman–Crippen MR) is 42.3 cm³/mol. The third-order valence-corrected chi connectivity index (χ3v) is 1.32. The van der Waals surface area contributed by atoms with Crippen LogP contribution < -0.4 is 0 Å². The molecule has 0 rings (SSSR count). The number of carbonyl (C=O) groups excluding carboxylic acids is 1. The summed E-state index contributed by atoms with van der Waals surface area (Å²) in [5, 5.41) is 1.99. The smallest absolute Gasteiger partial charge is 0.190 e. The van der Waals surface area contributed by atoms with Gasteiger partial charge in [-0.25, -0.2) is 0 Å². The summed E-state index contributed by atoms with van der Waals surface area (Å²) < 4.78 is 0. The van der Waals surface area contributed by atoms with E-state index in [2.05, 4.69) is 13.8 Å². The molecular formula is C7H12OS. The Bertz CT molecular complexity index is 116. The Morgan fingerprint density at radius 3 is 2.44 bits per heavy atom. The SMILES string of the molecule is CC(=O)S/C=C/C(C)C. The van der Waals surface area contributed by atoms with Crippen molar-refractivity contribution in [2.24, 2.45) is 5.92 Å². The van der Waals surface area contributed by atoms with E-state index in [1.165, 1.54) is 11.8 Å². The number of hydrogen-bond donors (Lipinski definition) is 0. The van der Waals surface area contributed by atoms with Crippen LogP contribution in [0.1, 0.15) is 20.8 Å². The van der Waals surface area contributed by atoms with Gasteiger partial charge in [0.25, 0.3) is 0 Å². The summed E-state index contributed by atoms with van der Waals surface area (Å²) >= 11 is 1.24. The third kappa shape index (κ3) is 7.76. The summed E-state index contributed by atoms with van der Waals surface area (Å²) in [5.74, 6) is 0.539. The Kier molecular flexibility index (Phi) is 4.50. The third-order valence-electron chi connectivity index (χ3n) is 0.697. The van der Waals surface area contributed by atoms with Gasteiger partial charge < -0.3 is 0 Å². The van der Waals surface area contributed by atoms with Gasteiger partial charge in [0.15, 0.2) is 5.12 Å². The van der Waals surface area contributed by atoms with Gasteiger partial charge >= 0.3 is 0 Å². The van der Waals surface area contributed by atoms with E-state index >= 15 is 0 Å². The minimum atomic E-state index is 0.145. The molecule has 0 aromatic heterocycles. The normalized spacial score (nSPS) is 11.1. The van der Waals surface area contributed by atoms with Crippen LogP contribution in [0.15, 0.2) is 11.5 Å². The summed E-state index contributed by atoms with van der Waals surface area (Å²) in [7, 11) is 0. The highest BCUT2D eigenvalue weighted by Gasteiger charge is 1.87. The standard InChI is InChI=1S/C7H12OS/c1-6(2)4-5-9-7(3)8/h4-6H,1-3H3/b5-4+. The zero-order valence-corrected chi connectivity index (χ0v) is 6.87. The van der Waals surface area contributed by atoms with Crippen LogP contribution in [0.5, 0.6) is 0 Å². The first-order valence-electron chi connectivity index (χ1n) is 2.97. The second-order valence-electron chi connectivity index (χ2n) is 2.18. The highest BCUT2D eigenvalue weighted by atomic mass is 32.2. The van der Waals surface area contributed by atoms with Crippen molar-refractivity contribution >= 4 is 16.9 Å². The molecule has 0 atom stereocenters. The molecule has 0 amide bonds. The van der Waals surface area contributed by atoms with Crippen LogP contribution >= 0.6 is 11.8 Å². The summed E-state index contributed by atoms with van der Waals surface area (Å²) in [6, 6.07) is 0. The van der Waals surface area contributed by atoms with Crippen LogP contribution in [0.25, 0.3) is 0 Å². The van der Waals surface area contributed by atoms with Crippen molar-refractivity contribution in [2.75, 3.05) is 0 Å². The fourth-order valence-electron chi connectivity index (χ4n) is 0.292. The van der Waals surface area contributed by atoms with Crippen molar-refractivity contribution in [1.29, 1.82) is 0 Å². The van der Waals surface area contributed by atoms with Gasteiger partial charge in [0.2, 0.25) is 0 Å². The largest absolute Gasteiger partial charge is 0.287 e. The first-order chi connectivity index (χ1) is 4.13. The van der Waals surface area contributed by atoms with E-state index in [1.54, 1.807) is 6.92 Å². The van der Waals surface area contributed by atoms with Crippen LogP contribution in [-0.2, 0) is 4.79 Å². The van der Waals surface area contributed by atoms with Crippen molar-refractivity contribution in [1.82, 2.24) is 0 Å². The first kappa shape index (κ1) is 8.76. The molecule has 0 saturated carbocycles. The fraction of sp³-hybridized carbons (Fsp3) is 0.571. The van der Waals surface area contributed by atoms with Gasteiger partial charge in [0.1, 0.15) is 0 Å². The van der Waals surface area contributed by atoms with Gasteiger partial charge in [-0.05, 0) is 11.3 Å². The Balaban J connectivity index is 3.36. The lowest BCUT2D eigenvalue weighted by Gasteiger charge is -1.90. The molecule has 0 N–H and O–H groups in total. The van der Waals surface area contributed by atoms with E-state index in [1.807, 2.05) is 11.5 Å². The van der Waals surface area contributed by atoms with Crippen molar-refractivity contribution < 1.29 is 4.79 Å². The highest BCUT2D eigenvalue weighted by Crippen LogP contribution is 2.05. The summed E-state index contributed by atoms with van der Waals surface area (Å²) in [6.45, 7) is 5.73. The number of carbonyl (C=O) groups is 1. The van der Waals surface area contributed by atoms with E-state index in [4.69, 9.17) is 0 Å². The molecule has 0 aromatic carbocycles. The molecule has 0 spiro atoms. The summed E-state index contributed by atoms with van der Waals surface area (Å²) in [5.41, 5.74) is 0. The summed E-state index contributed by atoms with van der Waals surface area (Å²) in [4.78, 5) is 10.3. The van der Waals surface area contributed by atoms with Crippen molar-refractivity contribution in [3.05, 3.63) is 11.5 Å². The second kappa shape index (κ2) is 4.62. The topological polar surface area (TPSA) is 17.1 Å². The molecule has 9 heavy (non-hydrogen) atoms. The lowest BCUT2D eigenvalue weighted by Crippen LogP contribution is -1.78. The van der Waals surface area contributed by atoms with Gasteiger partial charge in [0, 0.05) is 6.92 Å². The molecule has 2 heteroatoms. The van der Waals surface area contributed by atoms with Gasteiger partial charge in [-0.2, -0.15) is 0 Å². The minimum Gasteiger partial charge on any atom is -0.287 e. The quantitative estimate of drug-likeness (QED) is 0.592. The van der Waals surface area contributed by atoms with Crippen LogP contribution in [-0.4, -0.2) is 5.12 Å².